The molecule has 0 aromatic rings. The van der Waals surface area contributed by atoms with Crippen molar-refractivity contribution in [3.05, 3.63) is 12.7 Å². The Kier molecular flexibility index (Phi) is 2.92. The van der Waals surface area contributed by atoms with E-state index in [2.05, 4.69) is 6.58 Å². The lowest BCUT2D eigenvalue weighted by Gasteiger charge is -1.99. The highest BCUT2D eigenvalue weighted by molar-refractivity contribution is 6.38. The number of Topliss-reactive ketones (excluding diaryl/α,β-unsaturated/α-hetero) is 1. The van der Waals surface area contributed by atoms with E-state index in [0.29, 0.717) is 0 Å². The molecule has 0 rings (SSSR count). The number of ketones is 2. The molecule has 2 nitrogen and oxygen atoms in total. The molecule has 0 amide bonds. The van der Waals surface area contributed by atoms with Crippen LogP contribution in [-0.2, 0) is 9.59 Å². The van der Waals surface area contributed by atoms with Gasteiger partial charge < -0.3 is 4.79 Å². The molecule has 1 unspecified atom stereocenters. The highest BCUT2D eigenvalue weighted by Crippen LogP contribution is 2.01. The van der Waals surface area contributed by atoms with Crippen LogP contribution in [0.5, 0.6) is 0 Å². The molecule has 0 fully saturated rings. The third kappa shape index (κ3) is 2.26. The van der Waals surface area contributed by atoms with E-state index < -0.39 is 11.6 Å². The van der Waals surface area contributed by atoms with E-state index in [9.17, 15) is 9.59 Å². The smallest absolute Gasteiger partial charge is 0.156 e. The summed E-state index contributed by atoms with van der Waals surface area (Å²) >= 11 is 0. The third-order valence-electron chi connectivity index (χ3n) is 0.946. The third-order valence-corrected chi connectivity index (χ3v) is 0.946. The molecular formula is C6H7BO2. The molecule has 0 spiro atoms. The lowest BCUT2D eigenvalue weighted by atomic mass is 9.81. The van der Waals surface area contributed by atoms with Gasteiger partial charge >= 0.3 is 0 Å². The highest BCUT2D eigenvalue weighted by atomic mass is 16.1. The molecule has 0 aromatic heterocycles. The Morgan fingerprint density at radius 1 is 1.67 bits per heavy atom. The fourth-order valence-electron chi connectivity index (χ4n) is 0.327. The minimum Gasteiger partial charge on any atom is -0.300 e. The van der Waals surface area contributed by atoms with Crippen LogP contribution in [0.2, 0.25) is 5.82 Å². The van der Waals surface area contributed by atoms with Crippen LogP contribution >= 0.6 is 0 Å². The van der Waals surface area contributed by atoms with Gasteiger partial charge in [-0.05, 0) is 13.0 Å². The molecule has 0 saturated carbocycles. The summed E-state index contributed by atoms with van der Waals surface area (Å²) in [5.41, 5.74) is 0. The van der Waals surface area contributed by atoms with E-state index in [0.717, 1.165) is 6.08 Å². The first kappa shape index (κ1) is 8.14. The molecule has 0 heterocycles. The van der Waals surface area contributed by atoms with Gasteiger partial charge in [-0.15, -0.1) is 0 Å². The molecule has 0 bridgehead atoms. The van der Waals surface area contributed by atoms with Gasteiger partial charge in [0.05, 0.1) is 7.85 Å². The minimum atomic E-state index is -1.01. The lowest BCUT2D eigenvalue weighted by Crippen LogP contribution is -2.12. The van der Waals surface area contributed by atoms with Gasteiger partial charge in [-0.3, -0.25) is 4.79 Å². The number of carbonyl (C=O) groups is 2. The maximum atomic E-state index is 10.5. The zero-order chi connectivity index (χ0) is 7.44. The molecule has 0 aliphatic rings. The van der Waals surface area contributed by atoms with Crippen molar-refractivity contribution in [3.8, 4) is 0 Å². The standard InChI is InChI=1S/C6H7BO2/c1-3-5(9)6(7)4(2)8/h3,6H,1H2,2H3. The summed E-state index contributed by atoms with van der Waals surface area (Å²) in [4.78, 5) is 20.8. The maximum Gasteiger partial charge on any atom is 0.156 e. The Bertz CT molecular complexity index is 151. The predicted octanol–water partition coefficient (Wildman–Crippen LogP) is 0.287. The molecule has 0 N–H and O–H groups in total. The molecule has 0 saturated heterocycles. The Morgan fingerprint density at radius 2 is 2.11 bits per heavy atom. The Labute approximate surface area is 55.3 Å². The summed E-state index contributed by atoms with van der Waals surface area (Å²) in [6.45, 7) is 4.45. The first-order valence-corrected chi connectivity index (χ1v) is 2.52. The predicted molar refractivity (Wildman–Crippen MR) is 35.4 cm³/mol. The van der Waals surface area contributed by atoms with E-state index in [1.807, 2.05) is 0 Å². The zero-order valence-electron chi connectivity index (χ0n) is 5.26. The topological polar surface area (TPSA) is 34.1 Å². The largest absolute Gasteiger partial charge is 0.300 e. The Balaban J connectivity index is 4.03. The van der Waals surface area contributed by atoms with Crippen molar-refractivity contribution in [1.29, 1.82) is 0 Å². The van der Waals surface area contributed by atoms with E-state index in [1.54, 1.807) is 0 Å². The summed E-state index contributed by atoms with van der Waals surface area (Å²) in [6.07, 6.45) is 1.05. The monoisotopic (exact) mass is 122 g/mol. The average Bonchev–Trinajstić information content (AvgIpc) is 1.84. The Morgan fingerprint density at radius 3 is 2.22 bits per heavy atom. The van der Waals surface area contributed by atoms with Gasteiger partial charge in [-0.25, -0.2) is 0 Å². The summed E-state index contributed by atoms with van der Waals surface area (Å²) in [6, 6.07) is 0. The first-order chi connectivity index (χ1) is 4.09. The maximum absolute atomic E-state index is 10.5. The number of allylic oxidation sites excluding steroid dienone is 1. The molecule has 1 atom stereocenters. The van der Waals surface area contributed by atoms with E-state index in [4.69, 9.17) is 7.85 Å². The summed E-state index contributed by atoms with van der Waals surface area (Å²) in [5.74, 6) is -1.77. The fourth-order valence-corrected chi connectivity index (χ4v) is 0.327. The van der Waals surface area contributed by atoms with Crippen LogP contribution in [-0.4, -0.2) is 19.4 Å². The normalized spacial score (nSPS) is 12.1. The summed E-state index contributed by atoms with van der Waals surface area (Å²) in [7, 11) is 5.10. The van der Waals surface area contributed by atoms with Crippen LogP contribution in [0, 0.1) is 0 Å². The SMILES string of the molecule is [B]C(C(C)=O)C(=O)C=C. The molecule has 2 radical (unpaired) electrons. The van der Waals surface area contributed by atoms with Crippen LogP contribution in [0.4, 0.5) is 0 Å². The van der Waals surface area contributed by atoms with Crippen LogP contribution in [0.3, 0.4) is 0 Å². The lowest BCUT2D eigenvalue weighted by molar-refractivity contribution is -0.123. The fraction of sp³-hybridized carbons (Fsp3) is 0.333. The molecule has 46 valence electrons. The second-order valence-corrected chi connectivity index (χ2v) is 1.69. The van der Waals surface area contributed by atoms with Crippen LogP contribution < -0.4 is 0 Å². The van der Waals surface area contributed by atoms with Crippen LogP contribution in [0.1, 0.15) is 6.92 Å². The zero-order valence-corrected chi connectivity index (χ0v) is 5.26. The molecule has 3 heteroatoms. The van der Waals surface area contributed by atoms with Crippen LogP contribution in [0.25, 0.3) is 0 Å². The van der Waals surface area contributed by atoms with E-state index >= 15 is 0 Å². The minimum absolute atomic E-state index is 0.333. The van der Waals surface area contributed by atoms with Gasteiger partial charge in [0.2, 0.25) is 0 Å². The molecule has 9 heavy (non-hydrogen) atoms. The van der Waals surface area contributed by atoms with Crippen molar-refractivity contribution in [2.24, 2.45) is 0 Å². The molecule has 0 aromatic carbocycles. The first-order valence-electron chi connectivity index (χ1n) is 2.52. The van der Waals surface area contributed by atoms with Gasteiger partial charge in [0, 0.05) is 5.82 Å². The molecule has 0 aliphatic carbocycles. The van der Waals surface area contributed by atoms with Gasteiger partial charge in [-0.1, -0.05) is 6.58 Å². The molecular weight excluding hydrogens is 115 g/mol. The van der Waals surface area contributed by atoms with Crippen molar-refractivity contribution in [2.75, 3.05) is 0 Å². The number of hydrogen-bond donors (Lipinski definition) is 0. The molecule has 0 aliphatic heterocycles. The van der Waals surface area contributed by atoms with Crippen LogP contribution in [0.15, 0.2) is 12.7 Å². The van der Waals surface area contributed by atoms with E-state index in [1.165, 1.54) is 6.92 Å². The van der Waals surface area contributed by atoms with Crippen molar-refractivity contribution < 1.29 is 9.59 Å². The highest BCUT2D eigenvalue weighted by Gasteiger charge is 2.12. The van der Waals surface area contributed by atoms with Crippen molar-refractivity contribution in [2.45, 2.75) is 12.7 Å². The van der Waals surface area contributed by atoms with Gasteiger partial charge in [0.25, 0.3) is 0 Å². The van der Waals surface area contributed by atoms with Crippen molar-refractivity contribution in [1.82, 2.24) is 0 Å². The summed E-state index contributed by atoms with van der Waals surface area (Å²) in [5, 5.41) is 0. The van der Waals surface area contributed by atoms with E-state index in [-0.39, 0.29) is 5.78 Å². The Hall–Kier alpha value is -0.855. The second-order valence-electron chi connectivity index (χ2n) is 1.69. The van der Waals surface area contributed by atoms with Crippen molar-refractivity contribution in [3.63, 3.8) is 0 Å². The second kappa shape index (κ2) is 3.23. The summed E-state index contributed by atoms with van der Waals surface area (Å²) < 4.78 is 0. The van der Waals surface area contributed by atoms with Gasteiger partial charge in [0.15, 0.2) is 5.78 Å². The number of rotatable bonds is 3. The van der Waals surface area contributed by atoms with Gasteiger partial charge in [-0.2, -0.15) is 0 Å². The quantitative estimate of drug-likeness (QED) is 0.306. The van der Waals surface area contributed by atoms with Crippen molar-refractivity contribution >= 4 is 19.4 Å². The average molecular weight is 122 g/mol. The number of carbonyl (C=O) groups excluding carboxylic acids is 2. The number of hydrogen-bond acceptors (Lipinski definition) is 2. The van der Waals surface area contributed by atoms with Gasteiger partial charge in [0.1, 0.15) is 5.78 Å².